The Labute approximate surface area is 168 Å². The van der Waals surface area contributed by atoms with E-state index in [2.05, 4.69) is 18.2 Å². The van der Waals surface area contributed by atoms with Gasteiger partial charge in [0.1, 0.15) is 10.6 Å². The van der Waals surface area contributed by atoms with Crippen molar-refractivity contribution in [1.82, 2.24) is 0 Å². The Kier molecular flexibility index (Phi) is 4.37. The molecule has 0 amide bonds. The summed E-state index contributed by atoms with van der Waals surface area (Å²) in [6, 6.07) is 20.6. The van der Waals surface area contributed by atoms with E-state index in [0.717, 1.165) is 15.5 Å². The van der Waals surface area contributed by atoms with Crippen LogP contribution in [-0.4, -0.2) is 8.42 Å². The molecule has 1 fully saturated rings. The maximum absolute atomic E-state index is 12.8. The van der Waals surface area contributed by atoms with E-state index in [1.165, 1.54) is 35.9 Å². The summed E-state index contributed by atoms with van der Waals surface area (Å²) < 4.78 is 33.1. The molecule has 1 heterocycles. The van der Waals surface area contributed by atoms with Crippen molar-refractivity contribution in [2.75, 3.05) is 0 Å². The van der Waals surface area contributed by atoms with Crippen LogP contribution in [0.1, 0.15) is 37.2 Å². The summed E-state index contributed by atoms with van der Waals surface area (Å²) in [7, 11) is -3.87. The van der Waals surface area contributed by atoms with Crippen LogP contribution in [0.5, 0.6) is 5.75 Å². The monoisotopic (exact) mass is 408 g/mol. The average Bonchev–Trinajstić information content (AvgIpc) is 3.35. The van der Waals surface area contributed by atoms with Crippen molar-refractivity contribution in [2.24, 2.45) is 0 Å². The van der Waals surface area contributed by atoms with E-state index in [1.807, 2.05) is 12.1 Å². The van der Waals surface area contributed by atoms with E-state index in [9.17, 15) is 8.42 Å². The fraction of sp³-hybridized carbons (Fsp3) is 0.217. The predicted molar refractivity (Wildman–Crippen MR) is 115 cm³/mol. The Hall–Kier alpha value is -2.37. The summed E-state index contributed by atoms with van der Waals surface area (Å²) >= 11 is 1.70. The zero-order valence-electron chi connectivity index (χ0n) is 15.3. The second kappa shape index (κ2) is 6.90. The van der Waals surface area contributed by atoms with E-state index in [-0.39, 0.29) is 4.90 Å². The predicted octanol–water partition coefficient (Wildman–Crippen LogP) is 6.48. The first-order chi connectivity index (χ1) is 13.6. The summed E-state index contributed by atoms with van der Waals surface area (Å²) in [5.74, 6) is 0.953. The minimum Gasteiger partial charge on any atom is -0.379 e. The largest absolute Gasteiger partial charge is 0.379 e. The van der Waals surface area contributed by atoms with Crippen LogP contribution in [0.3, 0.4) is 0 Å². The molecular formula is C23H20O3S2. The average molecular weight is 409 g/mol. The van der Waals surface area contributed by atoms with Crippen molar-refractivity contribution in [3.05, 3.63) is 72.3 Å². The van der Waals surface area contributed by atoms with E-state index in [0.29, 0.717) is 11.7 Å². The van der Waals surface area contributed by atoms with Gasteiger partial charge in [-0.2, -0.15) is 8.42 Å². The lowest BCUT2D eigenvalue weighted by molar-refractivity contribution is 0.486. The van der Waals surface area contributed by atoms with Crippen LogP contribution in [0.15, 0.2) is 71.6 Å². The minimum atomic E-state index is -3.87. The van der Waals surface area contributed by atoms with Crippen LogP contribution in [0.25, 0.3) is 20.2 Å². The number of benzene rings is 3. The second-order valence-corrected chi connectivity index (χ2v) is 9.98. The molecule has 28 heavy (non-hydrogen) atoms. The van der Waals surface area contributed by atoms with Crippen molar-refractivity contribution in [1.29, 1.82) is 0 Å². The highest BCUT2D eigenvalue weighted by molar-refractivity contribution is 7.87. The van der Waals surface area contributed by atoms with Gasteiger partial charge in [-0.25, -0.2) is 0 Å². The molecular weight excluding hydrogens is 388 g/mol. The molecule has 0 N–H and O–H groups in total. The molecule has 0 atom stereocenters. The van der Waals surface area contributed by atoms with Gasteiger partial charge in [-0.15, -0.1) is 11.3 Å². The van der Waals surface area contributed by atoms with E-state index in [1.54, 1.807) is 47.7 Å². The first-order valence-corrected chi connectivity index (χ1v) is 11.8. The van der Waals surface area contributed by atoms with Gasteiger partial charge >= 0.3 is 10.1 Å². The topological polar surface area (TPSA) is 43.4 Å². The van der Waals surface area contributed by atoms with Crippen LogP contribution < -0.4 is 4.18 Å². The third-order valence-corrected chi connectivity index (χ3v) is 7.92. The maximum atomic E-state index is 12.8. The van der Waals surface area contributed by atoms with Crippen LogP contribution in [-0.2, 0) is 10.1 Å². The third kappa shape index (κ3) is 3.19. The maximum Gasteiger partial charge on any atom is 0.339 e. The second-order valence-electron chi connectivity index (χ2n) is 7.35. The summed E-state index contributed by atoms with van der Waals surface area (Å²) in [6.07, 6.45) is 5.09. The van der Waals surface area contributed by atoms with Crippen molar-refractivity contribution in [3.8, 4) is 5.75 Å². The molecule has 1 aliphatic rings. The highest BCUT2D eigenvalue weighted by Crippen LogP contribution is 2.40. The van der Waals surface area contributed by atoms with Gasteiger partial charge in [-0.05, 0) is 66.8 Å². The fourth-order valence-electron chi connectivity index (χ4n) is 4.09. The van der Waals surface area contributed by atoms with Gasteiger partial charge in [0, 0.05) is 20.2 Å². The van der Waals surface area contributed by atoms with Gasteiger partial charge in [0.25, 0.3) is 0 Å². The smallest absolute Gasteiger partial charge is 0.339 e. The Bertz CT molecular complexity index is 1250. The molecule has 0 radical (unpaired) electrons. The highest BCUT2D eigenvalue weighted by Gasteiger charge is 2.20. The van der Waals surface area contributed by atoms with Gasteiger partial charge in [-0.1, -0.05) is 37.1 Å². The Balaban J connectivity index is 1.59. The minimum absolute atomic E-state index is 0.190. The fourth-order valence-corrected chi connectivity index (χ4v) is 6.12. The Morgan fingerprint density at radius 3 is 2.25 bits per heavy atom. The molecule has 5 rings (SSSR count). The highest BCUT2D eigenvalue weighted by atomic mass is 32.2. The zero-order chi connectivity index (χ0) is 19.1. The van der Waals surface area contributed by atoms with Crippen molar-refractivity contribution in [3.63, 3.8) is 0 Å². The normalized spacial score (nSPS) is 15.4. The van der Waals surface area contributed by atoms with Crippen molar-refractivity contribution < 1.29 is 12.6 Å². The molecule has 0 unspecified atom stereocenters. The van der Waals surface area contributed by atoms with Gasteiger partial charge in [0.15, 0.2) is 0 Å². The zero-order valence-corrected chi connectivity index (χ0v) is 16.9. The lowest BCUT2D eigenvalue weighted by Crippen LogP contribution is -2.09. The molecule has 1 aliphatic carbocycles. The van der Waals surface area contributed by atoms with E-state index >= 15 is 0 Å². The quantitative estimate of drug-likeness (QED) is 0.363. The molecule has 0 saturated heterocycles. The number of para-hydroxylation sites is 1. The first kappa shape index (κ1) is 17.7. The van der Waals surface area contributed by atoms with Gasteiger partial charge in [0.05, 0.1) is 0 Å². The lowest BCUT2D eigenvalue weighted by Gasteiger charge is -2.09. The van der Waals surface area contributed by atoms with Crippen molar-refractivity contribution >= 4 is 41.6 Å². The van der Waals surface area contributed by atoms with Crippen LogP contribution in [0.4, 0.5) is 0 Å². The molecule has 4 aromatic rings. The lowest BCUT2D eigenvalue weighted by atomic mass is 9.96. The van der Waals surface area contributed by atoms with E-state index < -0.39 is 10.1 Å². The molecule has 1 saturated carbocycles. The molecule has 0 bridgehead atoms. The molecule has 3 nitrogen and oxygen atoms in total. The summed E-state index contributed by atoms with van der Waals surface area (Å²) in [5.41, 5.74) is 1.37. The first-order valence-electron chi connectivity index (χ1n) is 9.56. The molecule has 3 aromatic carbocycles. The third-order valence-electron chi connectivity index (χ3n) is 5.53. The molecule has 1 aromatic heterocycles. The van der Waals surface area contributed by atoms with Crippen LogP contribution >= 0.6 is 11.3 Å². The number of rotatable bonds is 4. The standard InChI is InChI=1S/C23H20O3S2/c24-28(25,26-18-8-2-1-3-9-18)19-11-13-23-21(15-19)20-14-17(10-12-22(20)27-23)16-6-4-5-7-16/h1-3,8-16H,4-7H2. The van der Waals surface area contributed by atoms with Gasteiger partial charge in [-0.3, -0.25) is 0 Å². The molecule has 5 heteroatoms. The van der Waals surface area contributed by atoms with Gasteiger partial charge < -0.3 is 4.18 Å². The SMILES string of the molecule is O=S(=O)(Oc1ccccc1)c1ccc2sc3ccc(C4CCCC4)cc3c2c1. The van der Waals surface area contributed by atoms with Crippen molar-refractivity contribution in [2.45, 2.75) is 36.5 Å². The number of hydrogen-bond acceptors (Lipinski definition) is 4. The molecule has 0 aliphatic heterocycles. The number of thiophene rings is 1. The summed E-state index contributed by atoms with van der Waals surface area (Å²) in [5, 5.41) is 2.12. The Morgan fingerprint density at radius 1 is 0.821 bits per heavy atom. The number of fused-ring (bicyclic) bond motifs is 3. The van der Waals surface area contributed by atoms with Crippen LogP contribution in [0, 0.1) is 0 Å². The van der Waals surface area contributed by atoms with Gasteiger partial charge in [0.2, 0.25) is 0 Å². The van der Waals surface area contributed by atoms with E-state index in [4.69, 9.17) is 4.18 Å². The van der Waals surface area contributed by atoms with Crippen LogP contribution in [0.2, 0.25) is 0 Å². The molecule has 0 spiro atoms. The summed E-state index contributed by atoms with van der Waals surface area (Å²) in [6.45, 7) is 0. The Morgan fingerprint density at radius 2 is 1.50 bits per heavy atom. The summed E-state index contributed by atoms with van der Waals surface area (Å²) in [4.78, 5) is 0.190. The molecule has 142 valence electrons. The number of hydrogen-bond donors (Lipinski definition) is 0.